The number of methoxy groups -OCH3 is 1. The van der Waals surface area contributed by atoms with E-state index in [1.807, 2.05) is 11.5 Å². The molecule has 2 aromatic rings. The van der Waals surface area contributed by atoms with Crippen LogP contribution in [0.1, 0.15) is 23.7 Å². The van der Waals surface area contributed by atoms with Gasteiger partial charge in [0.15, 0.2) is 0 Å². The summed E-state index contributed by atoms with van der Waals surface area (Å²) in [7, 11) is 1.69. The van der Waals surface area contributed by atoms with Gasteiger partial charge in [0.1, 0.15) is 17.6 Å². The third-order valence-corrected chi connectivity index (χ3v) is 3.71. The number of nitrogens with two attached hydrogens (primary N) is 1. The second kappa shape index (κ2) is 4.74. The molecule has 20 heavy (non-hydrogen) atoms. The summed E-state index contributed by atoms with van der Waals surface area (Å²) < 4.78 is 13.3. The van der Waals surface area contributed by atoms with Gasteiger partial charge in [-0.15, -0.1) is 0 Å². The van der Waals surface area contributed by atoms with Crippen molar-refractivity contribution >= 4 is 5.95 Å². The summed E-state index contributed by atoms with van der Waals surface area (Å²) in [5, 5.41) is 0. The molecule has 5 heteroatoms. The van der Waals surface area contributed by atoms with Crippen molar-refractivity contribution in [2.24, 2.45) is 0 Å². The van der Waals surface area contributed by atoms with Gasteiger partial charge in [0.25, 0.3) is 0 Å². The number of rotatable bonds is 3. The summed E-state index contributed by atoms with van der Waals surface area (Å²) >= 11 is 0. The first-order valence-corrected chi connectivity index (χ1v) is 6.72. The fourth-order valence-corrected chi connectivity index (χ4v) is 2.65. The van der Waals surface area contributed by atoms with Crippen molar-refractivity contribution < 1.29 is 9.47 Å². The van der Waals surface area contributed by atoms with Crippen LogP contribution in [0.15, 0.2) is 18.3 Å². The number of hydrogen-bond donors (Lipinski definition) is 1. The molecule has 0 spiro atoms. The second-order valence-electron chi connectivity index (χ2n) is 5.25. The van der Waals surface area contributed by atoms with E-state index >= 15 is 0 Å². The van der Waals surface area contributed by atoms with E-state index in [0.29, 0.717) is 12.5 Å². The van der Waals surface area contributed by atoms with Crippen molar-refractivity contribution in [1.29, 1.82) is 0 Å². The Labute approximate surface area is 118 Å². The highest BCUT2D eigenvalue weighted by molar-refractivity contribution is 5.49. The fraction of sp³-hybridized carbons (Fsp3) is 0.400. The van der Waals surface area contributed by atoms with E-state index in [4.69, 9.17) is 15.2 Å². The number of aromatic nitrogens is 2. The summed E-state index contributed by atoms with van der Waals surface area (Å²) in [6.07, 6.45) is 2.93. The SMILES string of the molecule is COc1cc2c(cc1Cn1c(C)cnc1N)OC(C)C2. The average Bonchev–Trinajstić information content (AvgIpc) is 2.93. The zero-order valence-corrected chi connectivity index (χ0v) is 12.0. The Bertz CT molecular complexity index is 629. The lowest BCUT2D eigenvalue weighted by Gasteiger charge is -2.13. The highest BCUT2D eigenvalue weighted by Crippen LogP contribution is 2.35. The van der Waals surface area contributed by atoms with Gasteiger partial charge in [-0.25, -0.2) is 4.98 Å². The molecular formula is C15H19N3O2. The molecule has 3 rings (SSSR count). The topological polar surface area (TPSA) is 62.3 Å². The molecule has 2 heterocycles. The molecule has 0 amide bonds. The van der Waals surface area contributed by atoms with Gasteiger partial charge in [-0.2, -0.15) is 0 Å². The summed E-state index contributed by atoms with van der Waals surface area (Å²) in [6, 6.07) is 4.12. The Morgan fingerprint density at radius 3 is 2.95 bits per heavy atom. The summed E-state index contributed by atoms with van der Waals surface area (Å²) in [6.45, 7) is 4.69. The molecule has 2 N–H and O–H groups in total. The van der Waals surface area contributed by atoms with Crippen molar-refractivity contribution in [3.8, 4) is 11.5 Å². The predicted molar refractivity (Wildman–Crippen MR) is 77.3 cm³/mol. The quantitative estimate of drug-likeness (QED) is 0.930. The molecule has 0 bridgehead atoms. The number of nitrogens with zero attached hydrogens (tertiary/aromatic N) is 2. The number of imidazole rings is 1. The first-order valence-electron chi connectivity index (χ1n) is 6.72. The van der Waals surface area contributed by atoms with Crippen molar-refractivity contribution in [2.75, 3.05) is 12.8 Å². The van der Waals surface area contributed by atoms with Crippen LogP contribution in [0.4, 0.5) is 5.95 Å². The largest absolute Gasteiger partial charge is 0.496 e. The first kappa shape index (κ1) is 12.8. The van der Waals surface area contributed by atoms with E-state index in [1.54, 1.807) is 13.3 Å². The maximum atomic E-state index is 5.90. The summed E-state index contributed by atoms with van der Waals surface area (Å²) in [5.74, 6) is 2.33. The lowest BCUT2D eigenvalue weighted by Crippen LogP contribution is -2.08. The van der Waals surface area contributed by atoms with Crippen LogP contribution in [0.2, 0.25) is 0 Å². The maximum absolute atomic E-state index is 5.90. The van der Waals surface area contributed by atoms with Gasteiger partial charge in [0, 0.05) is 23.2 Å². The van der Waals surface area contributed by atoms with Crippen molar-refractivity contribution in [3.05, 3.63) is 35.2 Å². The van der Waals surface area contributed by atoms with Crippen LogP contribution in [0.5, 0.6) is 11.5 Å². The number of fused-ring (bicyclic) bond motifs is 1. The Morgan fingerprint density at radius 2 is 2.30 bits per heavy atom. The number of nitrogen functional groups attached to an aromatic ring is 1. The molecule has 106 valence electrons. The molecule has 1 unspecified atom stereocenters. The minimum Gasteiger partial charge on any atom is -0.496 e. The molecule has 0 saturated heterocycles. The van der Waals surface area contributed by atoms with Gasteiger partial charge in [-0.1, -0.05) is 0 Å². The lowest BCUT2D eigenvalue weighted by molar-refractivity contribution is 0.254. The van der Waals surface area contributed by atoms with Crippen molar-refractivity contribution in [3.63, 3.8) is 0 Å². The van der Waals surface area contributed by atoms with Gasteiger partial charge in [-0.05, 0) is 26.0 Å². The summed E-state index contributed by atoms with van der Waals surface area (Å²) in [5.41, 5.74) is 9.17. The Balaban J connectivity index is 1.99. The van der Waals surface area contributed by atoms with E-state index in [1.165, 1.54) is 5.56 Å². The molecule has 5 nitrogen and oxygen atoms in total. The second-order valence-corrected chi connectivity index (χ2v) is 5.25. The minimum absolute atomic E-state index is 0.227. The molecule has 1 aromatic heterocycles. The van der Waals surface area contributed by atoms with E-state index in [-0.39, 0.29) is 6.10 Å². The lowest BCUT2D eigenvalue weighted by atomic mass is 10.1. The van der Waals surface area contributed by atoms with E-state index in [0.717, 1.165) is 29.2 Å². The molecule has 0 aliphatic carbocycles. The molecule has 0 saturated carbocycles. The van der Waals surface area contributed by atoms with E-state index < -0.39 is 0 Å². The molecule has 1 aliphatic rings. The standard InChI is InChI=1S/C15H19N3O2/c1-9-7-17-15(16)18(9)8-12-6-14-11(4-10(2)20-14)5-13(12)19-3/h5-7,10H,4,8H2,1-3H3,(H2,16,17). The molecule has 1 aromatic carbocycles. The molecule has 0 radical (unpaired) electrons. The average molecular weight is 273 g/mol. The van der Waals surface area contributed by atoms with Gasteiger partial charge in [0.05, 0.1) is 19.9 Å². The molecular weight excluding hydrogens is 254 g/mol. The number of benzene rings is 1. The zero-order valence-electron chi connectivity index (χ0n) is 12.0. The Hall–Kier alpha value is -2.17. The number of hydrogen-bond acceptors (Lipinski definition) is 4. The zero-order chi connectivity index (χ0) is 14.3. The van der Waals surface area contributed by atoms with E-state index in [2.05, 4.69) is 24.0 Å². The van der Waals surface area contributed by atoms with Crippen molar-refractivity contribution in [2.45, 2.75) is 32.9 Å². The van der Waals surface area contributed by atoms with Crippen LogP contribution in [-0.2, 0) is 13.0 Å². The first-order chi connectivity index (χ1) is 9.58. The normalized spacial score (nSPS) is 16.9. The third-order valence-electron chi connectivity index (χ3n) is 3.71. The van der Waals surface area contributed by atoms with Crippen LogP contribution in [0.3, 0.4) is 0 Å². The minimum atomic E-state index is 0.227. The van der Waals surface area contributed by atoms with Crippen LogP contribution in [-0.4, -0.2) is 22.8 Å². The smallest absolute Gasteiger partial charge is 0.200 e. The highest BCUT2D eigenvalue weighted by Gasteiger charge is 2.22. The fourth-order valence-electron chi connectivity index (χ4n) is 2.65. The van der Waals surface area contributed by atoms with E-state index in [9.17, 15) is 0 Å². The summed E-state index contributed by atoms with van der Waals surface area (Å²) in [4.78, 5) is 4.12. The van der Waals surface area contributed by atoms with Crippen molar-refractivity contribution in [1.82, 2.24) is 9.55 Å². The van der Waals surface area contributed by atoms with Gasteiger partial charge < -0.3 is 19.8 Å². The molecule has 0 fully saturated rings. The predicted octanol–water partition coefficient (Wildman–Crippen LogP) is 2.15. The molecule has 1 aliphatic heterocycles. The Morgan fingerprint density at radius 1 is 1.50 bits per heavy atom. The number of anilines is 1. The van der Waals surface area contributed by atoms with Crippen LogP contribution >= 0.6 is 0 Å². The van der Waals surface area contributed by atoms with Crippen LogP contribution in [0, 0.1) is 6.92 Å². The Kier molecular flexibility index (Phi) is 3.04. The van der Waals surface area contributed by atoms with Crippen LogP contribution < -0.4 is 15.2 Å². The third kappa shape index (κ3) is 2.09. The molecule has 1 atom stereocenters. The number of aryl methyl sites for hydroxylation is 1. The van der Waals surface area contributed by atoms with Gasteiger partial charge >= 0.3 is 0 Å². The van der Waals surface area contributed by atoms with Crippen LogP contribution in [0.25, 0.3) is 0 Å². The number of ether oxygens (including phenoxy) is 2. The van der Waals surface area contributed by atoms with Gasteiger partial charge in [-0.3, -0.25) is 0 Å². The highest BCUT2D eigenvalue weighted by atomic mass is 16.5. The maximum Gasteiger partial charge on any atom is 0.200 e. The monoisotopic (exact) mass is 273 g/mol. The van der Waals surface area contributed by atoms with Gasteiger partial charge in [0.2, 0.25) is 5.95 Å².